The summed E-state index contributed by atoms with van der Waals surface area (Å²) in [5.74, 6) is 0.972. The normalized spacial score (nSPS) is 12.5. The molecule has 0 aromatic carbocycles. The number of ether oxygens (including phenoxy) is 1. The van der Waals surface area contributed by atoms with E-state index >= 15 is 0 Å². The molecule has 0 fully saturated rings. The van der Waals surface area contributed by atoms with E-state index in [0.717, 1.165) is 17.9 Å². The van der Waals surface area contributed by atoms with Gasteiger partial charge >= 0.3 is 0 Å². The molecule has 0 bridgehead atoms. The molecule has 0 aliphatic heterocycles. The zero-order valence-corrected chi connectivity index (χ0v) is 10.2. The molecule has 15 heavy (non-hydrogen) atoms. The van der Waals surface area contributed by atoms with E-state index in [2.05, 4.69) is 4.98 Å². The molecule has 0 aliphatic rings. The lowest BCUT2D eigenvalue weighted by Crippen LogP contribution is -2.29. The highest BCUT2D eigenvalue weighted by atomic mass is 35.5. The van der Waals surface area contributed by atoms with Gasteiger partial charge < -0.3 is 9.64 Å². The minimum absolute atomic E-state index is 0.0126. The molecule has 1 atom stereocenters. The Kier molecular flexibility index (Phi) is 4.85. The Hall–Kier alpha value is -0.800. The van der Waals surface area contributed by atoms with Crippen molar-refractivity contribution in [3.8, 4) is 0 Å². The second kappa shape index (κ2) is 5.93. The van der Waals surface area contributed by atoms with E-state index < -0.39 is 0 Å². The number of nitrogens with zero attached hydrogens (tertiary/aromatic N) is 2. The van der Waals surface area contributed by atoms with Gasteiger partial charge in [0.15, 0.2) is 0 Å². The molecule has 0 saturated carbocycles. The van der Waals surface area contributed by atoms with Crippen molar-refractivity contribution >= 4 is 17.4 Å². The van der Waals surface area contributed by atoms with Gasteiger partial charge in [-0.1, -0.05) is 6.07 Å². The average Bonchev–Trinajstić information content (AvgIpc) is 2.18. The van der Waals surface area contributed by atoms with Crippen LogP contribution in [0.2, 0.25) is 0 Å². The summed E-state index contributed by atoms with van der Waals surface area (Å²) in [7, 11) is 3.64. The summed E-state index contributed by atoms with van der Waals surface area (Å²) in [5.41, 5.74) is 1.15. The fourth-order valence-corrected chi connectivity index (χ4v) is 1.83. The first-order chi connectivity index (χ1) is 7.15. The maximum absolute atomic E-state index is 6.08. The Morgan fingerprint density at radius 1 is 1.60 bits per heavy atom. The van der Waals surface area contributed by atoms with Crippen LogP contribution in [0.25, 0.3) is 0 Å². The predicted octanol–water partition coefficient (Wildman–Crippen LogP) is 2.08. The van der Waals surface area contributed by atoms with Crippen molar-refractivity contribution in [2.45, 2.75) is 12.3 Å². The van der Waals surface area contributed by atoms with E-state index in [1.807, 2.05) is 31.0 Å². The van der Waals surface area contributed by atoms with Crippen molar-refractivity contribution < 1.29 is 4.74 Å². The number of hydrogen-bond donors (Lipinski definition) is 0. The molecule has 1 unspecified atom stereocenters. The molecule has 0 radical (unpaired) electrons. The lowest BCUT2D eigenvalue weighted by Gasteiger charge is -2.22. The van der Waals surface area contributed by atoms with Crippen molar-refractivity contribution in [2.75, 3.05) is 32.2 Å². The van der Waals surface area contributed by atoms with Gasteiger partial charge in [0.1, 0.15) is 5.82 Å². The molecule has 0 saturated heterocycles. The van der Waals surface area contributed by atoms with Crippen LogP contribution in [0.1, 0.15) is 5.56 Å². The standard InChI is InChI=1S/C11H17ClN2O/c1-9-5-4-6-13-11(9)14(2)7-10(12)8-15-3/h4-6,10H,7-8H2,1-3H3. The fourth-order valence-electron chi connectivity index (χ4n) is 1.49. The van der Waals surface area contributed by atoms with E-state index in [9.17, 15) is 0 Å². The highest BCUT2D eigenvalue weighted by molar-refractivity contribution is 6.21. The molecular weight excluding hydrogens is 212 g/mol. The first kappa shape index (κ1) is 12.3. The first-order valence-electron chi connectivity index (χ1n) is 4.91. The maximum Gasteiger partial charge on any atom is 0.131 e. The number of alkyl halides is 1. The van der Waals surface area contributed by atoms with Gasteiger partial charge in [0, 0.05) is 26.9 Å². The molecule has 84 valence electrons. The third-order valence-corrected chi connectivity index (χ3v) is 2.43. The minimum atomic E-state index is -0.0126. The summed E-state index contributed by atoms with van der Waals surface area (Å²) in [6, 6.07) is 3.97. The molecule has 1 rings (SSSR count). The largest absolute Gasteiger partial charge is 0.383 e. The number of aryl methyl sites for hydroxylation is 1. The van der Waals surface area contributed by atoms with Gasteiger partial charge in [0.05, 0.1) is 12.0 Å². The number of rotatable bonds is 5. The van der Waals surface area contributed by atoms with E-state index in [-0.39, 0.29) is 5.38 Å². The van der Waals surface area contributed by atoms with E-state index in [1.165, 1.54) is 0 Å². The molecule has 4 heteroatoms. The molecule has 0 spiro atoms. The second-order valence-electron chi connectivity index (χ2n) is 3.58. The lowest BCUT2D eigenvalue weighted by molar-refractivity contribution is 0.199. The number of aromatic nitrogens is 1. The Labute approximate surface area is 96.0 Å². The topological polar surface area (TPSA) is 25.4 Å². The van der Waals surface area contributed by atoms with Crippen LogP contribution in [-0.4, -0.2) is 37.7 Å². The average molecular weight is 229 g/mol. The summed E-state index contributed by atoms with van der Waals surface area (Å²) >= 11 is 6.08. The summed E-state index contributed by atoms with van der Waals surface area (Å²) in [6.07, 6.45) is 1.79. The van der Waals surface area contributed by atoms with E-state index in [0.29, 0.717) is 6.61 Å². The van der Waals surface area contributed by atoms with Gasteiger partial charge in [-0.3, -0.25) is 0 Å². The van der Waals surface area contributed by atoms with Crippen LogP contribution < -0.4 is 4.90 Å². The Balaban J connectivity index is 2.61. The smallest absolute Gasteiger partial charge is 0.131 e. The third-order valence-electron chi connectivity index (χ3n) is 2.16. The SMILES string of the molecule is COCC(Cl)CN(C)c1ncccc1C. The number of hydrogen-bond acceptors (Lipinski definition) is 3. The Morgan fingerprint density at radius 3 is 2.93 bits per heavy atom. The molecule has 1 aromatic heterocycles. The van der Waals surface area contributed by atoms with Crippen LogP contribution in [0.5, 0.6) is 0 Å². The number of methoxy groups -OCH3 is 1. The number of pyridine rings is 1. The van der Waals surface area contributed by atoms with Crippen molar-refractivity contribution in [2.24, 2.45) is 0 Å². The van der Waals surface area contributed by atoms with Crippen molar-refractivity contribution in [1.82, 2.24) is 4.98 Å². The summed E-state index contributed by atoms with van der Waals surface area (Å²) < 4.78 is 4.99. The molecule has 0 N–H and O–H groups in total. The molecule has 0 aliphatic carbocycles. The highest BCUT2D eigenvalue weighted by Gasteiger charge is 2.11. The van der Waals surface area contributed by atoms with Gasteiger partial charge in [-0.25, -0.2) is 4.98 Å². The summed E-state index contributed by atoms with van der Waals surface area (Å²) in [5, 5.41) is -0.0126. The third kappa shape index (κ3) is 3.68. The van der Waals surface area contributed by atoms with Gasteiger partial charge in [0.25, 0.3) is 0 Å². The van der Waals surface area contributed by atoms with Crippen LogP contribution in [0.4, 0.5) is 5.82 Å². The van der Waals surface area contributed by atoms with Crippen LogP contribution >= 0.6 is 11.6 Å². The predicted molar refractivity (Wildman–Crippen MR) is 63.8 cm³/mol. The molecule has 3 nitrogen and oxygen atoms in total. The quantitative estimate of drug-likeness (QED) is 0.722. The monoisotopic (exact) mass is 228 g/mol. The zero-order chi connectivity index (χ0) is 11.3. The highest BCUT2D eigenvalue weighted by Crippen LogP contribution is 2.15. The van der Waals surface area contributed by atoms with Crippen molar-refractivity contribution in [1.29, 1.82) is 0 Å². The summed E-state index contributed by atoms with van der Waals surface area (Å²) in [6.45, 7) is 3.32. The van der Waals surface area contributed by atoms with Gasteiger partial charge in [-0.15, -0.1) is 11.6 Å². The molecular formula is C11H17ClN2O. The van der Waals surface area contributed by atoms with Crippen molar-refractivity contribution in [3.05, 3.63) is 23.9 Å². The van der Waals surface area contributed by atoms with Gasteiger partial charge in [-0.2, -0.15) is 0 Å². The van der Waals surface area contributed by atoms with Gasteiger partial charge in [0.2, 0.25) is 0 Å². The van der Waals surface area contributed by atoms with Crippen LogP contribution in [0, 0.1) is 6.92 Å². The fraction of sp³-hybridized carbons (Fsp3) is 0.545. The van der Waals surface area contributed by atoms with Gasteiger partial charge in [-0.05, 0) is 18.6 Å². The second-order valence-corrected chi connectivity index (χ2v) is 4.19. The minimum Gasteiger partial charge on any atom is -0.383 e. The molecule has 1 heterocycles. The zero-order valence-electron chi connectivity index (χ0n) is 9.40. The maximum atomic E-state index is 6.08. The molecule has 0 amide bonds. The summed E-state index contributed by atoms with van der Waals surface area (Å²) in [4.78, 5) is 6.37. The Morgan fingerprint density at radius 2 is 2.33 bits per heavy atom. The van der Waals surface area contributed by atoms with Crippen LogP contribution in [0.3, 0.4) is 0 Å². The van der Waals surface area contributed by atoms with Crippen molar-refractivity contribution in [3.63, 3.8) is 0 Å². The number of anilines is 1. The lowest BCUT2D eigenvalue weighted by atomic mass is 10.2. The van der Waals surface area contributed by atoms with E-state index in [1.54, 1.807) is 13.3 Å². The molecule has 1 aromatic rings. The number of halogens is 1. The van der Waals surface area contributed by atoms with Crippen LogP contribution in [0.15, 0.2) is 18.3 Å². The Bertz CT molecular complexity index is 306. The first-order valence-corrected chi connectivity index (χ1v) is 5.34. The van der Waals surface area contributed by atoms with E-state index in [4.69, 9.17) is 16.3 Å². The van der Waals surface area contributed by atoms with Crippen LogP contribution in [-0.2, 0) is 4.74 Å².